The van der Waals surface area contributed by atoms with Gasteiger partial charge in [-0.05, 0) is 53.2 Å². The molecule has 0 spiro atoms. The maximum absolute atomic E-state index is 14.5. The van der Waals surface area contributed by atoms with Gasteiger partial charge in [0, 0.05) is 11.0 Å². The first-order valence-corrected chi connectivity index (χ1v) is 10.4. The smallest absolute Gasteiger partial charge is 0.408 e. The van der Waals surface area contributed by atoms with Crippen LogP contribution in [0.15, 0.2) is 50.5 Å². The van der Waals surface area contributed by atoms with E-state index >= 15 is 0 Å². The minimum atomic E-state index is -0.432. The Bertz CT molecular complexity index is 1130. The Hall–Kier alpha value is -2.27. The van der Waals surface area contributed by atoms with Crippen molar-refractivity contribution in [2.24, 2.45) is 5.92 Å². The zero-order valence-corrected chi connectivity index (χ0v) is 15.9. The van der Waals surface area contributed by atoms with Crippen LogP contribution in [-0.4, -0.2) is 10.3 Å². The van der Waals surface area contributed by atoms with Gasteiger partial charge in [-0.2, -0.15) is 0 Å². The highest BCUT2D eigenvalue weighted by Gasteiger charge is 2.40. The molecular formula is C22H20FNO2S. The summed E-state index contributed by atoms with van der Waals surface area (Å²) < 4.78 is 21.5. The van der Waals surface area contributed by atoms with Crippen LogP contribution in [0.25, 0.3) is 17.2 Å². The highest BCUT2D eigenvalue weighted by atomic mass is 32.2. The normalized spacial score (nSPS) is 19.9. The first kappa shape index (κ1) is 16.9. The molecule has 0 aliphatic heterocycles. The van der Waals surface area contributed by atoms with E-state index in [0.29, 0.717) is 34.4 Å². The number of halogens is 1. The molecule has 1 saturated carbocycles. The maximum Gasteiger partial charge on any atom is 0.420 e. The van der Waals surface area contributed by atoms with Crippen LogP contribution < -0.4 is 5.76 Å². The Kier molecular flexibility index (Phi) is 4.01. The quantitative estimate of drug-likeness (QED) is 0.554. The van der Waals surface area contributed by atoms with Crippen molar-refractivity contribution in [2.75, 3.05) is 5.75 Å². The summed E-state index contributed by atoms with van der Waals surface area (Å²) in [6.45, 7) is 2.47. The molecular weight excluding hydrogens is 361 g/mol. The fourth-order valence-electron chi connectivity index (χ4n) is 4.06. The third-order valence-electron chi connectivity index (χ3n) is 5.48. The molecule has 2 aliphatic rings. The van der Waals surface area contributed by atoms with Gasteiger partial charge < -0.3 is 4.42 Å². The predicted octanol–water partition coefficient (Wildman–Crippen LogP) is 5.41. The number of rotatable bonds is 5. The van der Waals surface area contributed by atoms with Gasteiger partial charge in [-0.1, -0.05) is 37.3 Å². The predicted molar refractivity (Wildman–Crippen MR) is 107 cm³/mol. The molecule has 2 atom stereocenters. The minimum absolute atomic E-state index is 0.296. The number of nitrogens with zero attached hydrogens (tertiary/aromatic N) is 1. The van der Waals surface area contributed by atoms with E-state index in [4.69, 9.17) is 4.42 Å². The third kappa shape index (κ3) is 2.85. The van der Waals surface area contributed by atoms with Gasteiger partial charge in [-0.15, -0.1) is 11.8 Å². The summed E-state index contributed by atoms with van der Waals surface area (Å²) in [5, 5.41) is 0. The molecule has 0 amide bonds. The number of oxazole rings is 1. The van der Waals surface area contributed by atoms with Crippen molar-refractivity contribution in [3.05, 3.63) is 69.5 Å². The minimum Gasteiger partial charge on any atom is -0.408 e. The van der Waals surface area contributed by atoms with Crippen LogP contribution in [0.1, 0.15) is 42.4 Å². The van der Waals surface area contributed by atoms with Crippen molar-refractivity contribution in [3.63, 3.8) is 0 Å². The fraction of sp³-hybridized carbons (Fsp3) is 0.318. The van der Waals surface area contributed by atoms with E-state index in [9.17, 15) is 9.18 Å². The van der Waals surface area contributed by atoms with Gasteiger partial charge in [0.05, 0.1) is 12.1 Å². The Morgan fingerprint density at radius 2 is 2.22 bits per heavy atom. The van der Waals surface area contributed by atoms with Crippen LogP contribution in [0, 0.1) is 11.7 Å². The molecule has 138 valence electrons. The van der Waals surface area contributed by atoms with Crippen LogP contribution >= 0.6 is 11.8 Å². The summed E-state index contributed by atoms with van der Waals surface area (Å²) in [5.41, 5.74) is 4.67. The Labute approximate surface area is 160 Å². The molecule has 3 nitrogen and oxygen atoms in total. The van der Waals surface area contributed by atoms with Crippen molar-refractivity contribution in [2.45, 2.75) is 37.1 Å². The Balaban J connectivity index is 1.57. The largest absolute Gasteiger partial charge is 0.420 e. The average Bonchev–Trinajstić information content (AvgIpc) is 3.40. The van der Waals surface area contributed by atoms with Crippen LogP contribution in [0.4, 0.5) is 4.39 Å². The number of hydrogen-bond donors (Lipinski definition) is 0. The molecule has 1 heterocycles. The monoisotopic (exact) mass is 381 g/mol. The Morgan fingerprint density at radius 3 is 3.07 bits per heavy atom. The second-order valence-electron chi connectivity index (χ2n) is 7.34. The second-order valence-corrected chi connectivity index (χ2v) is 8.47. The number of benzene rings is 2. The molecule has 0 bridgehead atoms. The van der Waals surface area contributed by atoms with Gasteiger partial charge in [0.1, 0.15) is 5.82 Å². The van der Waals surface area contributed by atoms with Crippen molar-refractivity contribution in [1.82, 2.24) is 4.57 Å². The molecule has 2 unspecified atom stereocenters. The molecule has 2 aliphatic carbocycles. The van der Waals surface area contributed by atoms with Gasteiger partial charge in [0.2, 0.25) is 0 Å². The van der Waals surface area contributed by atoms with Crippen LogP contribution in [-0.2, 0) is 6.54 Å². The molecule has 0 N–H and O–H groups in total. The molecule has 27 heavy (non-hydrogen) atoms. The van der Waals surface area contributed by atoms with E-state index in [1.807, 2.05) is 6.07 Å². The van der Waals surface area contributed by atoms with Gasteiger partial charge >= 0.3 is 5.76 Å². The summed E-state index contributed by atoms with van der Waals surface area (Å²) in [4.78, 5) is 13.0. The number of allylic oxidation sites excluding steroid dienone is 1. The van der Waals surface area contributed by atoms with Crippen LogP contribution in [0.2, 0.25) is 0 Å². The molecule has 1 fully saturated rings. The summed E-state index contributed by atoms with van der Waals surface area (Å²) in [7, 11) is 0. The highest BCUT2D eigenvalue weighted by Crippen LogP contribution is 2.53. The highest BCUT2D eigenvalue weighted by molar-refractivity contribution is 7.99. The lowest BCUT2D eigenvalue weighted by atomic mass is 9.92. The van der Waals surface area contributed by atoms with Crippen LogP contribution in [0.5, 0.6) is 0 Å². The molecule has 3 aromatic rings. The third-order valence-corrected chi connectivity index (χ3v) is 6.71. The average molecular weight is 381 g/mol. The first-order valence-electron chi connectivity index (χ1n) is 9.41. The maximum atomic E-state index is 14.5. The summed E-state index contributed by atoms with van der Waals surface area (Å²) >= 11 is 1.45. The van der Waals surface area contributed by atoms with E-state index in [0.717, 1.165) is 17.7 Å². The molecule has 5 heteroatoms. The van der Waals surface area contributed by atoms with Crippen molar-refractivity contribution >= 4 is 28.9 Å². The standard InChI is InChI=1S/C22H20FNO2S/c1-2-8-27-20-11-19-18(10-17(20)23)24(22(25)26-19)12-15-5-3-4-13-6-7-14-9-16(14)21(13)15/h3-7,10-11,14,16H,2,8-9,12H2,1H3. The lowest BCUT2D eigenvalue weighted by Gasteiger charge is -2.15. The van der Waals surface area contributed by atoms with Crippen molar-refractivity contribution in [1.29, 1.82) is 0 Å². The number of hydrogen-bond acceptors (Lipinski definition) is 3. The van der Waals surface area contributed by atoms with Crippen LogP contribution in [0.3, 0.4) is 0 Å². The van der Waals surface area contributed by atoms with Gasteiger partial charge in [0.15, 0.2) is 5.58 Å². The summed E-state index contributed by atoms with van der Waals surface area (Å²) in [6, 6.07) is 9.31. The number of aromatic nitrogens is 1. The van der Waals surface area contributed by atoms with Gasteiger partial charge in [-0.25, -0.2) is 9.18 Å². The number of fused-ring (bicyclic) bond motifs is 4. The van der Waals surface area contributed by atoms with E-state index in [1.54, 1.807) is 10.6 Å². The molecule has 1 aromatic heterocycles. The topological polar surface area (TPSA) is 35.1 Å². The molecule has 0 radical (unpaired) electrons. The zero-order valence-electron chi connectivity index (χ0n) is 15.1. The van der Waals surface area contributed by atoms with E-state index in [2.05, 4.69) is 31.2 Å². The first-order chi connectivity index (χ1) is 13.2. The van der Waals surface area contributed by atoms with Crippen molar-refractivity contribution in [3.8, 4) is 0 Å². The Morgan fingerprint density at radius 1 is 1.33 bits per heavy atom. The SMILES string of the molecule is CCCSc1cc2oc(=O)n(Cc3cccc4c3C3CC3C=C4)c2cc1F. The lowest BCUT2D eigenvalue weighted by Crippen LogP contribution is -2.16. The van der Waals surface area contributed by atoms with E-state index < -0.39 is 5.76 Å². The van der Waals surface area contributed by atoms with E-state index in [-0.39, 0.29) is 5.82 Å². The van der Waals surface area contributed by atoms with Gasteiger partial charge in [0.25, 0.3) is 0 Å². The molecule has 2 aromatic carbocycles. The molecule has 5 rings (SSSR count). The number of thioether (sulfide) groups is 1. The van der Waals surface area contributed by atoms with Crippen molar-refractivity contribution < 1.29 is 8.81 Å². The van der Waals surface area contributed by atoms with Gasteiger partial charge in [-0.3, -0.25) is 4.57 Å². The fourth-order valence-corrected chi connectivity index (χ4v) is 4.87. The summed E-state index contributed by atoms with van der Waals surface area (Å²) in [5.74, 6) is 1.30. The summed E-state index contributed by atoms with van der Waals surface area (Å²) in [6.07, 6.45) is 6.60. The zero-order chi connectivity index (χ0) is 18.5. The lowest BCUT2D eigenvalue weighted by molar-refractivity contribution is 0.516. The van der Waals surface area contributed by atoms with E-state index in [1.165, 1.54) is 35.4 Å². The molecule has 0 saturated heterocycles. The second kappa shape index (κ2) is 6.41.